The molecule has 0 saturated heterocycles. The molecule has 0 bridgehead atoms. The van der Waals surface area contributed by atoms with Crippen LogP contribution in [0.3, 0.4) is 0 Å². The highest BCUT2D eigenvalue weighted by Gasteiger charge is 2.17. The summed E-state index contributed by atoms with van der Waals surface area (Å²) in [4.78, 5) is 14.3. The molecule has 0 aliphatic rings. The van der Waals surface area contributed by atoms with Crippen LogP contribution in [0.2, 0.25) is 0 Å². The first kappa shape index (κ1) is 23.3. The maximum absolute atomic E-state index is 14.1. The lowest BCUT2D eigenvalue weighted by atomic mass is 10.1. The van der Waals surface area contributed by atoms with E-state index in [2.05, 4.69) is 33.5 Å². The molecule has 0 unspecified atom stereocenters. The molecule has 1 aromatic heterocycles. The van der Waals surface area contributed by atoms with Crippen LogP contribution in [0.4, 0.5) is 38.8 Å². The standard InChI is InChI=1S/C23H22FN7O2/c1-3-4-5-15-6-8-16(9-7-15)27-23-18(13-25)14(2)21(22(26)28-23)30-29-20-11-10-17(31(32)33)12-19(20)24/h6-12H,3-5H2,1-2H3,(H3,26,27,28). The number of azo groups is 1. The monoisotopic (exact) mass is 447 g/mol. The van der Waals surface area contributed by atoms with E-state index in [1.807, 2.05) is 24.3 Å². The van der Waals surface area contributed by atoms with Gasteiger partial charge in [-0.2, -0.15) is 5.26 Å². The molecule has 168 valence electrons. The molecular weight excluding hydrogens is 425 g/mol. The Kier molecular flexibility index (Phi) is 7.25. The quantitative estimate of drug-likeness (QED) is 0.232. The number of hydrogen-bond donors (Lipinski definition) is 2. The number of nitro groups is 1. The van der Waals surface area contributed by atoms with Crippen LogP contribution in [0.15, 0.2) is 52.7 Å². The van der Waals surface area contributed by atoms with E-state index < -0.39 is 16.4 Å². The van der Waals surface area contributed by atoms with E-state index >= 15 is 0 Å². The summed E-state index contributed by atoms with van der Waals surface area (Å²) in [6, 6.07) is 12.9. The van der Waals surface area contributed by atoms with Crippen molar-refractivity contribution in [3.8, 4) is 6.07 Å². The van der Waals surface area contributed by atoms with Crippen LogP contribution in [0, 0.1) is 34.2 Å². The van der Waals surface area contributed by atoms with Crippen molar-refractivity contribution in [2.45, 2.75) is 33.1 Å². The van der Waals surface area contributed by atoms with E-state index in [0.29, 0.717) is 5.56 Å². The first-order chi connectivity index (χ1) is 15.8. The second-order valence-corrected chi connectivity index (χ2v) is 7.32. The van der Waals surface area contributed by atoms with Crippen molar-refractivity contribution in [1.82, 2.24) is 4.98 Å². The fraction of sp³-hybridized carbons (Fsp3) is 0.217. The van der Waals surface area contributed by atoms with Crippen LogP contribution < -0.4 is 11.1 Å². The van der Waals surface area contributed by atoms with Gasteiger partial charge in [-0.15, -0.1) is 10.2 Å². The van der Waals surface area contributed by atoms with Crippen molar-refractivity contribution < 1.29 is 9.31 Å². The molecule has 10 heteroatoms. The number of aryl methyl sites for hydroxylation is 1. The van der Waals surface area contributed by atoms with E-state index in [9.17, 15) is 19.8 Å². The smallest absolute Gasteiger partial charge is 0.272 e. The minimum absolute atomic E-state index is 0.000337. The van der Waals surface area contributed by atoms with Crippen LogP contribution in [0.25, 0.3) is 0 Å². The zero-order valence-corrected chi connectivity index (χ0v) is 18.2. The molecule has 0 saturated carbocycles. The van der Waals surface area contributed by atoms with Gasteiger partial charge >= 0.3 is 0 Å². The summed E-state index contributed by atoms with van der Waals surface area (Å²) in [6.07, 6.45) is 3.23. The van der Waals surface area contributed by atoms with Crippen LogP contribution >= 0.6 is 0 Å². The summed E-state index contributed by atoms with van der Waals surface area (Å²) in [5.41, 5.74) is 8.17. The maximum atomic E-state index is 14.1. The Morgan fingerprint density at radius 2 is 1.97 bits per heavy atom. The lowest BCUT2D eigenvalue weighted by molar-refractivity contribution is -0.385. The zero-order valence-electron chi connectivity index (χ0n) is 18.2. The van der Waals surface area contributed by atoms with Crippen LogP contribution in [0.5, 0.6) is 0 Å². The van der Waals surface area contributed by atoms with Gasteiger partial charge in [0.15, 0.2) is 17.5 Å². The number of nitro benzene ring substituents is 1. The third-order valence-corrected chi connectivity index (χ3v) is 4.99. The summed E-state index contributed by atoms with van der Waals surface area (Å²) >= 11 is 0. The Morgan fingerprint density at radius 3 is 2.58 bits per heavy atom. The molecule has 0 aliphatic carbocycles. The van der Waals surface area contributed by atoms with Gasteiger partial charge in [-0.25, -0.2) is 9.37 Å². The van der Waals surface area contributed by atoms with Gasteiger partial charge in [0.25, 0.3) is 5.69 Å². The number of nitrogens with two attached hydrogens (primary N) is 1. The predicted octanol–water partition coefficient (Wildman–Crippen LogP) is 6.39. The number of nitriles is 1. The number of aromatic nitrogens is 1. The molecule has 33 heavy (non-hydrogen) atoms. The van der Waals surface area contributed by atoms with Crippen LogP contribution in [-0.2, 0) is 6.42 Å². The molecule has 0 spiro atoms. The Balaban J connectivity index is 1.88. The summed E-state index contributed by atoms with van der Waals surface area (Å²) in [5, 5.41) is 31.3. The van der Waals surface area contributed by atoms with E-state index in [-0.39, 0.29) is 28.6 Å². The number of nitrogens with one attached hydrogen (secondary N) is 1. The molecule has 0 fully saturated rings. The Labute approximate surface area is 190 Å². The second kappa shape index (κ2) is 10.3. The third-order valence-electron chi connectivity index (χ3n) is 4.99. The van der Waals surface area contributed by atoms with Crippen LogP contribution in [-0.4, -0.2) is 9.91 Å². The molecule has 3 aromatic rings. The van der Waals surface area contributed by atoms with Crippen LogP contribution in [0.1, 0.15) is 36.5 Å². The number of anilines is 3. The number of rotatable bonds is 8. The van der Waals surface area contributed by atoms with Gasteiger partial charge in [0.2, 0.25) is 0 Å². The van der Waals surface area contributed by atoms with E-state index in [4.69, 9.17) is 5.73 Å². The number of hydrogen-bond acceptors (Lipinski definition) is 8. The topological polar surface area (TPSA) is 143 Å². The van der Waals surface area contributed by atoms with E-state index in [1.165, 1.54) is 5.56 Å². The molecular formula is C23H22FN7O2. The second-order valence-electron chi connectivity index (χ2n) is 7.32. The number of unbranched alkanes of at least 4 members (excludes halogenated alkanes) is 1. The molecule has 0 amide bonds. The summed E-state index contributed by atoms with van der Waals surface area (Å²) in [6.45, 7) is 3.78. The molecule has 9 nitrogen and oxygen atoms in total. The van der Waals surface area contributed by atoms with Crippen molar-refractivity contribution in [2.75, 3.05) is 11.1 Å². The first-order valence-electron chi connectivity index (χ1n) is 10.3. The van der Waals surface area contributed by atoms with Gasteiger partial charge < -0.3 is 11.1 Å². The summed E-state index contributed by atoms with van der Waals surface area (Å²) in [7, 11) is 0. The third kappa shape index (κ3) is 5.46. The number of halogens is 1. The van der Waals surface area contributed by atoms with Gasteiger partial charge in [-0.3, -0.25) is 10.1 Å². The lowest BCUT2D eigenvalue weighted by Gasteiger charge is -2.13. The molecule has 3 rings (SSSR count). The zero-order chi connectivity index (χ0) is 24.0. The average Bonchev–Trinajstić information content (AvgIpc) is 2.79. The Hall–Kier alpha value is -4.39. The summed E-state index contributed by atoms with van der Waals surface area (Å²) < 4.78 is 14.1. The lowest BCUT2D eigenvalue weighted by Crippen LogP contribution is -2.03. The average molecular weight is 447 g/mol. The summed E-state index contributed by atoms with van der Waals surface area (Å²) in [5.74, 6) is -0.632. The van der Waals surface area contributed by atoms with Crippen molar-refractivity contribution in [3.05, 3.63) is 75.1 Å². The predicted molar refractivity (Wildman–Crippen MR) is 124 cm³/mol. The first-order valence-corrected chi connectivity index (χ1v) is 10.3. The molecule has 3 N–H and O–H groups in total. The highest BCUT2D eigenvalue weighted by Crippen LogP contribution is 2.34. The normalized spacial score (nSPS) is 10.8. The molecule has 0 radical (unpaired) electrons. The van der Waals surface area contributed by atoms with Gasteiger partial charge in [0.05, 0.1) is 16.6 Å². The van der Waals surface area contributed by atoms with Crippen molar-refractivity contribution in [3.63, 3.8) is 0 Å². The largest absolute Gasteiger partial charge is 0.382 e. The van der Waals surface area contributed by atoms with Crippen molar-refractivity contribution in [2.24, 2.45) is 10.2 Å². The Morgan fingerprint density at radius 1 is 1.24 bits per heavy atom. The van der Waals surface area contributed by atoms with Gasteiger partial charge in [0, 0.05) is 17.3 Å². The van der Waals surface area contributed by atoms with Gasteiger partial charge in [-0.1, -0.05) is 25.5 Å². The molecule has 1 heterocycles. The van der Waals surface area contributed by atoms with E-state index in [0.717, 1.165) is 43.1 Å². The fourth-order valence-electron chi connectivity index (χ4n) is 3.14. The number of non-ortho nitro benzene ring substituents is 1. The molecule has 0 atom stereocenters. The number of benzene rings is 2. The van der Waals surface area contributed by atoms with E-state index in [1.54, 1.807) is 6.92 Å². The fourth-order valence-corrected chi connectivity index (χ4v) is 3.14. The highest BCUT2D eigenvalue weighted by molar-refractivity contribution is 5.75. The minimum atomic E-state index is -0.904. The van der Waals surface area contributed by atoms with Gasteiger partial charge in [0.1, 0.15) is 17.4 Å². The SMILES string of the molecule is CCCCc1ccc(Nc2nc(N)c(N=Nc3ccc([N+](=O)[O-])cc3F)c(C)c2C#N)cc1. The highest BCUT2D eigenvalue weighted by atomic mass is 19.1. The van der Waals surface area contributed by atoms with Crippen molar-refractivity contribution in [1.29, 1.82) is 5.26 Å². The number of nitrogens with zero attached hydrogens (tertiary/aromatic N) is 5. The number of pyridine rings is 1. The van der Waals surface area contributed by atoms with Crippen molar-refractivity contribution >= 4 is 34.4 Å². The molecule has 0 aliphatic heterocycles. The Bertz CT molecular complexity index is 1250. The number of nitrogen functional groups attached to an aromatic ring is 1. The minimum Gasteiger partial charge on any atom is -0.382 e. The van der Waals surface area contributed by atoms with Gasteiger partial charge in [-0.05, 0) is 43.5 Å². The molecule has 2 aromatic carbocycles. The maximum Gasteiger partial charge on any atom is 0.272 e.